The highest BCUT2D eigenvalue weighted by Crippen LogP contribution is 2.23. The van der Waals surface area contributed by atoms with Gasteiger partial charge in [0.2, 0.25) is 0 Å². The number of furan rings is 1. The average Bonchev–Trinajstić information content (AvgIpc) is 3.10. The van der Waals surface area contributed by atoms with Crippen molar-refractivity contribution in [3.63, 3.8) is 0 Å². The Balaban J connectivity index is 1.81. The number of H-pyrrole nitrogens is 1. The summed E-state index contributed by atoms with van der Waals surface area (Å²) in [5.41, 5.74) is 3.13. The Bertz CT molecular complexity index is 687. The standard InChI is InChI=1S/C15H16N4O/c1-10(13-6-7-20-9-13)16-14-5-3-4-12(8-14)15-17-11(2)18-19-15/h3-10,16H,1-2H3,(H,17,18,19). The smallest absolute Gasteiger partial charge is 0.181 e. The summed E-state index contributed by atoms with van der Waals surface area (Å²) in [7, 11) is 0. The normalized spacial score (nSPS) is 12.3. The van der Waals surface area contributed by atoms with Gasteiger partial charge in [-0.3, -0.25) is 5.10 Å². The summed E-state index contributed by atoms with van der Waals surface area (Å²) in [6.45, 7) is 3.98. The Morgan fingerprint density at radius 2 is 2.20 bits per heavy atom. The second-order valence-corrected chi connectivity index (χ2v) is 4.75. The van der Waals surface area contributed by atoms with Crippen molar-refractivity contribution < 1.29 is 4.42 Å². The van der Waals surface area contributed by atoms with E-state index in [-0.39, 0.29) is 6.04 Å². The monoisotopic (exact) mass is 268 g/mol. The van der Waals surface area contributed by atoms with Crippen LogP contribution in [0.3, 0.4) is 0 Å². The van der Waals surface area contributed by atoms with Crippen LogP contribution in [0.25, 0.3) is 11.4 Å². The van der Waals surface area contributed by atoms with Crippen molar-refractivity contribution in [2.45, 2.75) is 19.9 Å². The zero-order valence-corrected chi connectivity index (χ0v) is 11.4. The lowest BCUT2D eigenvalue weighted by atomic mass is 10.1. The Kier molecular flexibility index (Phi) is 3.25. The van der Waals surface area contributed by atoms with E-state index in [0.717, 1.165) is 22.6 Å². The number of rotatable bonds is 4. The predicted octanol–water partition coefficient (Wildman–Crippen LogP) is 3.55. The van der Waals surface area contributed by atoms with E-state index < -0.39 is 0 Å². The first kappa shape index (κ1) is 12.5. The highest BCUT2D eigenvalue weighted by molar-refractivity contribution is 5.62. The van der Waals surface area contributed by atoms with Gasteiger partial charge in [0.05, 0.1) is 18.6 Å². The van der Waals surface area contributed by atoms with Gasteiger partial charge in [0, 0.05) is 16.8 Å². The third kappa shape index (κ3) is 2.56. The maximum atomic E-state index is 5.11. The number of hydrogen-bond acceptors (Lipinski definition) is 4. The van der Waals surface area contributed by atoms with Crippen LogP contribution in [0.4, 0.5) is 5.69 Å². The van der Waals surface area contributed by atoms with Gasteiger partial charge in [-0.2, -0.15) is 5.10 Å². The molecule has 0 saturated carbocycles. The van der Waals surface area contributed by atoms with Crippen LogP contribution >= 0.6 is 0 Å². The highest BCUT2D eigenvalue weighted by atomic mass is 16.3. The van der Waals surface area contributed by atoms with Crippen molar-refractivity contribution in [2.24, 2.45) is 0 Å². The summed E-state index contributed by atoms with van der Waals surface area (Å²) in [4.78, 5) is 4.34. The molecule has 0 aliphatic heterocycles. The van der Waals surface area contributed by atoms with Gasteiger partial charge in [0.1, 0.15) is 5.82 Å². The highest BCUT2D eigenvalue weighted by Gasteiger charge is 2.08. The second kappa shape index (κ2) is 5.21. The molecule has 2 N–H and O–H groups in total. The minimum absolute atomic E-state index is 0.179. The van der Waals surface area contributed by atoms with Gasteiger partial charge < -0.3 is 9.73 Å². The molecule has 0 spiro atoms. The maximum Gasteiger partial charge on any atom is 0.181 e. The number of aromatic nitrogens is 3. The number of nitrogens with zero attached hydrogens (tertiary/aromatic N) is 2. The molecule has 3 rings (SSSR count). The van der Waals surface area contributed by atoms with E-state index >= 15 is 0 Å². The van der Waals surface area contributed by atoms with E-state index in [0.29, 0.717) is 5.82 Å². The van der Waals surface area contributed by atoms with Crippen LogP contribution in [0.1, 0.15) is 24.4 Å². The summed E-state index contributed by atoms with van der Waals surface area (Å²) in [6.07, 6.45) is 3.43. The zero-order chi connectivity index (χ0) is 13.9. The summed E-state index contributed by atoms with van der Waals surface area (Å²) >= 11 is 0. The molecule has 0 bridgehead atoms. The quantitative estimate of drug-likeness (QED) is 0.759. The lowest BCUT2D eigenvalue weighted by molar-refractivity contribution is 0.562. The lowest BCUT2D eigenvalue weighted by Gasteiger charge is -2.13. The number of benzene rings is 1. The average molecular weight is 268 g/mol. The fourth-order valence-corrected chi connectivity index (χ4v) is 2.07. The van der Waals surface area contributed by atoms with Gasteiger partial charge in [0.25, 0.3) is 0 Å². The van der Waals surface area contributed by atoms with E-state index in [1.54, 1.807) is 12.5 Å². The molecule has 0 amide bonds. The molecule has 2 aromatic heterocycles. The van der Waals surface area contributed by atoms with E-state index in [9.17, 15) is 0 Å². The second-order valence-electron chi connectivity index (χ2n) is 4.75. The first-order valence-electron chi connectivity index (χ1n) is 6.50. The number of aromatic amines is 1. The molecule has 1 unspecified atom stereocenters. The number of nitrogens with one attached hydrogen (secondary N) is 2. The first-order chi connectivity index (χ1) is 9.72. The zero-order valence-electron chi connectivity index (χ0n) is 11.4. The molecule has 2 heterocycles. The van der Waals surface area contributed by atoms with Crippen LogP contribution in [0.2, 0.25) is 0 Å². The maximum absolute atomic E-state index is 5.11. The molecule has 1 aromatic carbocycles. The summed E-state index contributed by atoms with van der Waals surface area (Å²) in [5, 5.41) is 10.5. The Labute approximate surface area is 117 Å². The van der Waals surface area contributed by atoms with Crippen molar-refractivity contribution in [3.8, 4) is 11.4 Å². The van der Waals surface area contributed by atoms with Crippen LogP contribution in [-0.2, 0) is 0 Å². The van der Waals surface area contributed by atoms with Gasteiger partial charge in [-0.25, -0.2) is 4.98 Å². The van der Waals surface area contributed by atoms with Crippen molar-refractivity contribution in [1.29, 1.82) is 0 Å². The molecule has 0 saturated heterocycles. The molecule has 5 nitrogen and oxygen atoms in total. The third-order valence-corrected chi connectivity index (χ3v) is 3.14. The van der Waals surface area contributed by atoms with Crippen molar-refractivity contribution in [1.82, 2.24) is 15.2 Å². The summed E-state index contributed by atoms with van der Waals surface area (Å²) in [5.74, 6) is 1.52. The fraction of sp³-hybridized carbons (Fsp3) is 0.200. The van der Waals surface area contributed by atoms with Crippen molar-refractivity contribution in [2.75, 3.05) is 5.32 Å². The Morgan fingerprint density at radius 1 is 1.30 bits per heavy atom. The van der Waals surface area contributed by atoms with Crippen LogP contribution in [0.15, 0.2) is 47.3 Å². The van der Waals surface area contributed by atoms with Crippen LogP contribution < -0.4 is 5.32 Å². The van der Waals surface area contributed by atoms with Gasteiger partial charge in [-0.15, -0.1) is 0 Å². The van der Waals surface area contributed by atoms with E-state index in [2.05, 4.69) is 27.4 Å². The molecule has 0 radical (unpaired) electrons. The minimum atomic E-state index is 0.179. The SMILES string of the molecule is Cc1nc(-c2cccc(NC(C)c3ccoc3)c2)n[nH]1. The van der Waals surface area contributed by atoms with Crippen LogP contribution in [0.5, 0.6) is 0 Å². The molecule has 3 aromatic rings. The van der Waals surface area contributed by atoms with Crippen molar-refractivity contribution in [3.05, 3.63) is 54.2 Å². The minimum Gasteiger partial charge on any atom is -0.472 e. The van der Waals surface area contributed by atoms with Gasteiger partial charge in [-0.05, 0) is 32.0 Å². The third-order valence-electron chi connectivity index (χ3n) is 3.14. The van der Waals surface area contributed by atoms with E-state index in [4.69, 9.17) is 4.42 Å². The topological polar surface area (TPSA) is 66.7 Å². The Hall–Kier alpha value is -2.56. The van der Waals surface area contributed by atoms with Crippen LogP contribution in [0, 0.1) is 6.92 Å². The van der Waals surface area contributed by atoms with Gasteiger partial charge >= 0.3 is 0 Å². The lowest BCUT2D eigenvalue weighted by Crippen LogP contribution is -2.05. The molecule has 20 heavy (non-hydrogen) atoms. The molecule has 0 fully saturated rings. The molecular weight excluding hydrogens is 252 g/mol. The molecule has 0 aliphatic rings. The number of anilines is 1. The number of hydrogen-bond donors (Lipinski definition) is 2. The molecule has 1 atom stereocenters. The van der Waals surface area contributed by atoms with Crippen molar-refractivity contribution >= 4 is 5.69 Å². The van der Waals surface area contributed by atoms with E-state index in [1.165, 1.54) is 0 Å². The van der Waals surface area contributed by atoms with Gasteiger partial charge in [0.15, 0.2) is 5.82 Å². The van der Waals surface area contributed by atoms with E-state index in [1.807, 2.05) is 37.3 Å². The molecule has 0 aliphatic carbocycles. The first-order valence-corrected chi connectivity index (χ1v) is 6.50. The largest absolute Gasteiger partial charge is 0.472 e. The predicted molar refractivity (Wildman–Crippen MR) is 77.3 cm³/mol. The summed E-state index contributed by atoms with van der Waals surface area (Å²) < 4.78 is 5.11. The van der Waals surface area contributed by atoms with Crippen LogP contribution in [-0.4, -0.2) is 15.2 Å². The molecule has 102 valence electrons. The molecule has 5 heteroatoms. The number of aryl methyl sites for hydroxylation is 1. The Morgan fingerprint density at radius 3 is 2.90 bits per heavy atom. The summed E-state index contributed by atoms with van der Waals surface area (Å²) in [6, 6.07) is 10.2. The molecular formula is C15H16N4O. The van der Waals surface area contributed by atoms with Gasteiger partial charge in [-0.1, -0.05) is 12.1 Å². The fourth-order valence-electron chi connectivity index (χ4n) is 2.07.